The van der Waals surface area contributed by atoms with E-state index in [0.29, 0.717) is 6.54 Å². The molecule has 0 saturated carbocycles. The summed E-state index contributed by atoms with van der Waals surface area (Å²) in [6, 6.07) is 9.00. The maximum Gasteiger partial charge on any atom is 0.323 e. The lowest BCUT2D eigenvalue weighted by atomic mass is 10.1. The zero-order valence-electron chi connectivity index (χ0n) is 13.2. The number of carboxylic acids is 1. The van der Waals surface area contributed by atoms with Crippen LogP contribution in [0.1, 0.15) is 39.2 Å². The molecule has 0 fully saturated rings. The fourth-order valence-corrected chi connectivity index (χ4v) is 1.78. The minimum absolute atomic E-state index is 0. The van der Waals surface area contributed by atoms with E-state index < -0.39 is 23.6 Å². The van der Waals surface area contributed by atoms with Crippen molar-refractivity contribution in [3.8, 4) is 0 Å². The van der Waals surface area contributed by atoms with Crippen LogP contribution in [0.25, 0.3) is 0 Å². The van der Waals surface area contributed by atoms with Gasteiger partial charge in [-0.15, -0.1) is 12.4 Å². The topological polar surface area (TPSA) is 75.6 Å². The average Bonchev–Trinajstić information content (AvgIpc) is 2.37. The van der Waals surface area contributed by atoms with Gasteiger partial charge in [0.1, 0.15) is 11.6 Å². The van der Waals surface area contributed by atoms with Gasteiger partial charge in [-0.05, 0) is 32.8 Å². The van der Waals surface area contributed by atoms with Crippen molar-refractivity contribution in [1.82, 2.24) is 5.32 Å². The Hall–Kier alpha value is -1.59. The van der Waals surface area contributed by atoms with E-state index in [-0.39, 0.29) is 25.2 Å². The maximum atomic E-state index is 12.1. The molecule has 6 heteroatoms. The molecule has 1 atom stereocenters. The summed E-state index contributed by atoms with van der Waals surface area (Å²) < 4.78 is 5.33. The van der Waals surface area contributed by atoms with Crippen LogP contribution < -0.4 is 5.32 Å². The summed E-state index contributed by atoms with van der Waals surface area (Å²) in [6.45, 7) is 5.85. The van der Waals surface area contributed by atoms with Crippen molar-refractivity contribution < 1.29 is 19.4 Å². The number of nitrogens with one attached hydrogen (secondary N) is 1. The fourth-order valence-electron chi connectivity index (χ4n) is 1.78. The molecule has 1 rings (SSSR count). The Morgan fingerprint density at radius 3 is 2.32 bits per heavy atom. The average molecular weight is 330 g/mol. The predicted octanol–water partition coefficient (Wildman–Crippen LogP) is 2.77. The van der Waals surface area contributed by atoms with E-state index in [1.807, 2.05) is 30.3 Å². The lowest BCUT2D eigenvalue weighted by Crippen LogP contribution is -2.41. The number of carboxylic acid groups (broad SMARTS) is 1. The molecule has 0 aliphatic rings. The van der Waals surface area contributed by atoms with Gasteiger partial charge in [0.05, 0.1) is 0 Å². The van der Waals surface area contributed by atoms with Crippen LogP contribution in [0.4, 0.5) is 0 Å². The Kier molecular flexibility index (Phi) is 8.75. The van der Waals surface area contributed by atoms with Gasteiger partial charge in [-0.1, -0.05) is 30.3 Å². The lowest BCUT2D eigenvalue weighted by Gasteiger charge is -2.24. The molecule has 0 radical (unpaired) electrons. The van der Waals surface area contributed by atoms with E-state index in [1.165, 1.54) is 0 Å². The second-order valence-corrected chi connectivity index (χ2v) is 5.88. The van der Waals surface area contributed by atoms with Crippen LogP contribution in [-0.4, -0.2) is 28.7 Å². The summed E-state index contributed by atoms with van der Waals surface area (Å²) in [4.78, 5) is 22.8. The molecule has 0 amide bonds. The number of hydrogen-bond donors (Lipinski definition) is 2. The van der Waals surface area contributed by atoms with Crippen LogP contribution in [-0.2, 0) is 20.9 Å². The number of aliphatic carboxylic acids is 1. The molecular formula is C16H24ClNO4. The third kappa shape index (κ3) is 8.64. The van der Waals surface area contributed by atoms with Gasteiger partial charge >= 0.3 is 11.9 Å². The Morgan fingerprint density at radius 2 is 1.82 bits per heavy atom. The van der Waals surface area contributed by atoms with Crippen LogP contribution in [0.2, 0.25) is 0 Å². The lowest BCUT2D eigenvalue weighted by molar-refractivity contribution is -0.157. The molecule has 2 N–H and O–H groups in total. The number of benzene rings is 1. The number of rotatable bonds is 7. The molecule has 0 aliphatic carbocycles. The monoisotopic (exact) mass is 329 g/mol. The molecule has 5 nitrogen and oxygen atoms in total. The quantitative estimate of drug-likeness (QED) is 0.752. The Morgan fingerprint density at radius 1 is 1.23 bits per heavy atom. The first kappa shape index (κ1) is 20.4. The van der Waals surface area contributed by atoms with E-state index in [9.17, 15) is 9.59 Å². The van der Waals surface area contributed by atoms with Crippen molar-refractivity contribution >= 4 is 24.3 Å². The van der Waals surface area contributed by atoms with Crippen LogP contribution in [0.3, 0.4) is 0 Å². The molecule has 0 heterocycles. The first-order valence-corrected chi connectivity index (χ1v) is 7.00. The summed E-state index contributed by atoms with van der Waals surface area (Å²) in [5.41, 5.74) is 0.439. The molecular weight excluding hydrogens is 306 g/mol. The van der Waals surface area contributed by atoms with Gasteiger partial charge in [0, 0.05) is 13.0 Å². The molecule has 0 saturated heterocycles. The normalized spacial score (nSPS) is 12.1. The summed E-state index contributed by atoms with van der Waals surface area (Å²) in [5, 5.41) is 11.9. The Balaban J connectivity index is 0.00000441. The van der Waals surface area contributed by atoms with E-state index in [4.69, 9.17) is 9.84 Å². The first-order valence-electron chi connectivity index (χ1n) is 7.00. The molecule has 0 spiro atoms. The molecule has 0 unspecified atom stereocenters. The van der Waals surface area contributed by atoms with E-state index in [0.717, 1.165) is 5.56 Å². The third-order valence-corrected chi connectivity index (χ3v) is 2.73. The highest BCUT2D eigenvalue weighted by Crippen LogP contribution is 2.11. The molecule has 0 aliphatic heterocycles. The molecule has 0 bridgehead atoms. The number of hydrogen-bond acceptors (Lipinski definition) is 4. The van der Waals surface area contributed by atoms with Crippen molar-refractivity contribution in [3.63, 3.8) is 0 Å². The maximum absolute atomic E-state index is 12.1. The number of ether oxygens (including phenoxy) is 1. The SMILES string of the molecule is CC(C)(C)OC(=O)[C@H](CCC(=O)O)NCc1ccccc1.Cl. The summed E-state index contributed by atoms with van der Waals surface area (Å²) in [6.07, 6.45) is 0.128. The standard InChI is InChI=1S/C16H23NO4.ClH/c1-16(2,3)21-15(20)13(9-10-14(18)19)17-11-12-7-5-4-6-8-12;/h4-8,13,17H,9-11H2,1-3H3,(H,18,19);1H/t13-;/m0./s1. The Labute approximate surface area is 137 Å². The molecule has 0 aromatic heterocycles. The smallest absolute Gasteiger partial charge is 0.323 e. The van der Waals surface area contributed by atoms with E-state index >= 15 is 0 Å². The zero-order chi connectivity index (χ0) is 15.9. The number of carbonyl (C=O) groups excluding carboxylic acids is 1. The van der Waals surface area contributed by atoms with Gasteiger partial charge in [-0.3, -0.25) is 9.59 Å². The molecule has 22 heavy (non-hydrogen) atoms. The van der Waals surface area contributed by atoms with E-state index in [2.05, 4.69) is 5.32 Å². The largest absolute Gasteiger partial charge is 0.481 e. The van der Waals surface area contributed by atoms with Crippen LogP contribution in [0.15, 0.2) is 30.3 Å². The fraction of sp³-hybridized carbons (Fsp3) is 0.500. The third-order valence-electron chi connectivity index (χ3n) is 2.73. The van der Waals surface area contributed by atoms with Crippen molar-refractivity contribution in [1.29, 1.82) is 0 Å². The zero-order valence-corrected chi connectivity index (χ0v) is 14.0. The van der Waals surface area contributed by atoms with Crippen molar-refractivity contribution in [3.05, 3.63) is 35.9 Å². The van der Waals surface area contributed by atoms with Crippen molar-refractivity contribution in [2.45, 2.75) is 51.8 Å². The highest BCUT2D eigenvalue weighted by atomic mass is 35.5. The highest BCUT2D eigenvalue weighted by molar-refractivity contribution is 5.85. The number of esters is 1. The Bertz CT molecular complexity index is 471. The summed E-state index contributed by atoms with van der Waals surface area (Å²) in [7, 11) is 0. The summed E-state index contributed by atoms with van der Waals surface area (Å²) in [5.74, 6) is -1.34. The number of halogens is 1. The number of carbonyl (C=O) groups is 2. The van der Waals surface area contributed by atoms with Crippen LogP contribution >= 0.6 is 12.4 Å². The summed E-state index contributed by atoms with van der Waals surface area (Å²) >= 11 is 0. The van der Waals surface area contributed by atoms with Gasteiger partial charge in [0.15, 0.2) is 0 Å². The minimum atomic E-state index is -0.926. The van der Waals surface area contributed by atoms with Gasteiger partial charge in [0.2, 0.25) is 0 Å². The van der Waals surface area contributed by atoms with Gasteiger partial charge in [0.25, 0.3) is 0 Å². The van der Waals surface area contributed by atoms with Crippen molar-refractivity contribution in [2.24, 2.45) is 0 Å². The van der Waals surface area contributed by atoms with Gasteiger partial charge in [-0.2, -0.15) is 0 Å². The second kappa shape index (κ2) is 9.43. The van der Waals surface area contributed by atoms with Crippen LogP contribution in [0, 0.1) is 0 Å². The second-order valence-electron chi connectivity index (χ2n) is 5.88. The minimum Gasteiger partial charge on any atom is -0.481 e. The van der Waals surface area contributed by atoms with Crippen LogP contribution in [0.5, 0.6) is 0 Å². The van der Waals surface area contributed by atoms with Gasteiger partial charge < -0.3 is 15.2 Å². The predicted molar refractivity (Wildman–Crippen MR) is 87.0 cm³/mol. The van der Waals surface area contributed by atoms with E-state index in [1.54, 1.807) is 20.8 Å². The first-order chi connectivity index (χ1) is 9.78. The van der Waals surface area contributed by atoms with Crippen molar-refractivity contribution in [2.75, 3.05) is 0 Å². The highest BCUT2D eigenvalue weighted by Gasteiger charge is 2.25. The van der Waals surface area contributed by atoms with Gasteiger partial charge in [-0.25, -0.2) is 0 Å². The molecule has 1 aromatic rings. The molecule has 124 valence electrons. The molecule has 1 aromatic carbocycles.